The third-order valence-corrected chi connectivity index (χ3v) is 3.12. The average Bonchev–Trinajstić information content (AvgIpc) is 3.04. The number of carboxylic acid groups (broad SMARTS) is 1. The molecule has 17 heavy (non-hydrogen) atoms. The van der Waals surface area contributed by atoms with Crippen molar-refractivity contribution >= 4 is 5.97 Å². The van der Waals surface area contributed by atoms with Gasteiger partial charge in [0.15, 0.2) is 0 Å². The minimum absolute atomic E-state index is 0.00139. The number of H-pyrrole nitrogens is 1. The summed E-state index contributed by atoms with van der Waals surface area (Å²) in [6, 6.07) is 0. The van der Waals surface area contributed by atoms with Crippen molar-refractivity contribution < 1.29 is 9.90 Å². The van der Waals surface area contributed by atoms with Crippen molar-refractivity contribution in [2.45, 2.75) is 44.9 Å². The summed E-state index contributed by atoms with van der Waals surface area (Å²) in [4.78, 5) is 29.6. The Labute approximate surface area is 98.9 Å². The quantitative estimate of drug-likeness (QED) is 0.830. The molecule has 0 aromatic carbocycles. The van der Waals surface area contributed by atoms with E-state index in [4.69, 9.17) is 5.11 Å². The lowest BCUT2D eigenvalue weighted by atomic mass is 10.00. The van der Waals surface area contributed by atoms with Crippen molar-refractivity contribution in [1.82, 2.24) is 9.97 Å². The van der Waals surface area contributed by atoms with E-state index in [1.165, 1.54) is 0 Å². The van der Waals surface area contributed by atoms with Crippen LogP contribution in [0.4, 0.5) is 0 Å². The van der Waals surface area contributed by atoms with Gasteiger partial charge in [-0.15, -0.1) is 0 Å². The lowest BCUT2D eigenvalue weighted by Crippen LogP contribution is -2.19. The van der Waals surface area contributed by atoms with Crippen molar-refractivity contribution in [3.63, 3.8) is 0 Å². The fourth-order valence-corrected chi connectivity index (χ4v) is 1.96. The average molecular weight is 236 g/mol. The summed E-state index contributed by atoms with van der Waals surface area (Å²) in [5.74, 6) is -0.0221. The van der Waals surface area contributed by atoms with Crippen LogP contribution >= 0.6 is 0 Å². The summed E-state index contributed by atoms with van der Waals surface area (Å²) in [5, 5.41) is 8.78. The Morgan fingerprint density at radius 2 is 2.24 bits per heavy atom. The Hall–Kier alpha value is -1.65. The highest BCUT2D eigenvalue weighted by atomic mass is 16.4. The molecule has 0 spiro atoms. The van der Waals surface area contributed by atoms with Crippen LogP contribution in [-0.4, -0.2) is 21.0 Å². The number of hydrogen-bond donors (Lipinski definition) is 2. The van der Waals surface area contributed by atoms with Crippen LogP contribution in [0.15, 0.2) is 4.79 Å². The topological polar surface area (TPSA) is 83.0 Å². The van der Waals surface area contributed by atoms with Gasteiger partial charge >= 0.3 is 5.97 Å². The van der Waals surface area contributed by atoms with Gasteiger partial charge in [-0.3, -0.25) is 9.59 Å². The van der Waals surface area contributed by atoms with Crippen LogP contribution in [-0.2, 0) is 4.79 Å². The molecule has 1 atom stereocenters. The maximum absolute atomic E-state index is 11.7. The Balaban J connectivity index is 2.37. The Morgan fingerprint density at radius 3 is 2.76 bits per heavy atom. The summed E-state index contributed by atoms with van der Waals surface area (Å²) in [5.41, 5.74) is 1.01. The molecule has 0 saturated heterocycles. The Bertz CT molecular complexity index is 503. The maximum atomic E-state index is 11.7. The van der Waals surface area contributed by atoms with Crippen LogP contribution in [0.1, 0.15) is 55.1 Å². The fraction of sp³-hybridized carbons (Fsp3) is 0.583. The van der Waals surface area contributed by atoms with Crippen LogP contribution in [0.3, 0.4) is 0 Å². The second kappa shape index (κ2) is 4.31. The van der Waals surface area contributed by atoms with Gasteiger partial charge in [-0.1, -0.05) is 6.92 Å². The lowest BCUT2D eigenvalue weighted by molar-refractivity contribution is -0.137. The minimum Gasteiger partial charge on any atom is -0.481 e. The molecule has 2 N–H and O–H groups in total. The highest BCUT2D eigenvalue weighted by molar-refractivity contribution is 5.67. The molecule has 1 unspecified atom stereocenters. The molecule has 0 radical (unpaired) electrons. The first-order valence-corrected chi connectivity index (χ1v) is 5.81. The molecular weight excluding hydrogens is 220 g/mol. The summed E-state index contributed by atoms with van der Waals surface area (Å²) in [7, 11) is 0. The Kier molecular flexibility index (Phi) is 3.00. The first-order chi connectivity index (χ1) is 7.99. The minimum atomic E-state index is -0.869. The van der Waals surface area contributed by atoms with Crippen LogP contribution < -0.4 is 5.56 Å². The number of aromatic nitrogens is 2. The van der Waals surface area contributed by atoms with Gasteiger partial charge in [-0.05, 0) is 19.8 Å². The summed E-state index contributed by atoms with van der Waals surface area (Å²) in [6.07, 6.45) is 2.11. The molecule has 92 valence electrons. The molecule has 1 aromatic heterocycles. The molecule has 1 aliphatic rings. The van der Waals surface area contributed by atoms with E-state index in [0.29, 0.717) is 23.0 Å². The molecule has 1 fully saturated rings. The molecule has 2 rings (SSSR count). The Morgan fingerprint density at radius 1 is 1.59 bits per heavy atom. The normalized spacial score (nSPS) is 16.8. The molecule has 0 aliphatic heterocycles. The second-order valence-corrected chi connectivity index (χ2v) is 4.73. The molecule has 1 heterocycles. The molecule has 5 heteroatoms. The van der Waals surface area contributed by atoms with Gasteiger partial charge in [-0.25, -0.2) is 4.98 Å². The van der Waals surface area contributed by atoms with Crippen LogP contribution in [0.2, 0.25) is 0 Å². The molecule has 5 nitrogen and oxygen atoms in total. The molecule has 0 amide bonds. The molecule has 1 aromatic rings. The van der Waals surface area contributed by atoms with E-state index >= 15 is 0 Å². The number of rotatable bonds is 4. The van der Waals surface area contributed by atoms with E-state index in [-0.39, 0.29) is 17.9 Å². The fourth-order valence-electron chi connectivity index (χ4n) is 1.96. The lowest BCUT2D eigenvalue weighted by Gasteiger charge is -2.12. The second-order valence-electron chi connectivity index (χ2n) is 4.73. The van der Waals surface area contributed by atoms with Gasteiger partial charge < -0.3 is 10.1 Å². The molecular formula is C12H16N2O3. The zero-order valence-corrected chi connectivity index (χ0v) is 9.99. The SMILES string of the molecule is Cc1c(C(C)CC(=O)O)nc(C2CC2)[nH]c1=O. The van der Waals surface area contributed by atoms with E-state index in [1.54, 1.807) is 13.8 Å². The number of nitrogens with one attached hydrogen (secondary N) is 1. The summed E-state index contributed by atoms with van der Waals surface area (Å²) in [6.45, 7) is 3.48. The van der Waals surface area contributed by atoms with Crippen molar-refractivity contribution in [3.8, 4) is 0 Å². The van der Waals surface area contributed by atoms with Gasteiger partial charge in [0.1, 0.15) is 5.82 Å². The van der Waals surface area contributed by atoms with Crippen molar-refractivity contribution in [1.29, 1.82) is 0 Å². The number of carbonyl (C=O) groups is 1. The van der Waals surface area contributed by atoms with Crippen LogP contribution in [0, 0.1) is 6.92 Å². The number of carboxylic acids is 1. The van der Waals surface area contributed by atoms with Crippen molar-refractivity contribution in [2.24, 2.45) is 0 Å². The molecule has 1 saturated carbocycles. The van der Waals surface area contributed by atoms with Crippen molar-refractivity contribution in [3.05, 3.63) is 27.4 Å². The number of aliphatic carboxylic acids is 1. The zero-order chi connectivity index (χ0) is 12.6. The monoisotopic (exact) mass is 236 g/mol. The first-order valence-electron chi connectivity index (χ1n) is 5.81. The number of hydrogen-bond acceptors (Lipinski definition) is 3. The van der Waals surface area contributed by atoms with Gasteiger partial charge in [-0.2, -0.15) is 0 Å². The van der Waals surface area contributed by atoms with E-state index in [9.17, 15) is 9.59 Å². The maximum Gasteiger partial charge on any atom is 0.304 e. The predicted molar refractivity (Wildman–Crippen MR) is 62.2 cm³/mol. The highest BCUT2D eigenvalue weighted by Gasteiger charge is 2.28. The molecule has 0 bridgehead atoms. The van der Waals surface area contributed by atoms with Crippen LogP contribution in [0.5, 0.6) is 0 Å². The summed E-state index contributed by atoms with van der Waals surface area (Å²) < 4.78 is 0. The smallest absolute Gasteiger partial charge is 0.304 e. The van der Waals surface area contributed by atoms with Gasteiger partial charge in [0.25, 0.3) is 5.56 Å². The van der Waals surface area contributed by atoms with E-state index in [1.807, 2.05) is 0 Å². The predicted octanol–water partition coefficient (Wildman–Crippen LogP) is 1.53. The number of nitrogens with zero attached hydrogens (tertiary/aromatic N) is 1. The zero-order valence-electron chi connectivity index (χ0n) is 9.99. The summed E-state index contributed by atoms with van der Waals surface area (Å²) >= 11 is 0. The number of aromatic amines is 1. The van der Waals surface area contributed by atoms with Crippen molar-refractivity contribution in [2.75, 3.05) is 0 Å². The van der Waals surface area contributed by atoms with Crippen LogP contribution in [0.25, 0.3) is 0 Å². The first kappa shape index (κ1) is 11.8. The van der Waals surface area contributed by atoms with Gasteiger partial charge in [0, 0.05) is 17.4 Å². The van der Waals surface area contributed by atoms with E-state index in [0.717, 1.165) is 12.8 Å². The third-order valence-electron chi connectivity index (χ3n) is 3.12. The van der Waals surface area contributed by atoms with E-state index in [2.05, 4.69) is 9.97 Å². The standard InChI is InChI=1S/C12H16N2O3/c1-6(5-9(15)16)10-7(2)12(17)14-11(13-10)8-3-4-8/h6,8H,3-5H2,1-2H3,(H,15,16)(H,13,14,17). The third kappa shape index (κ3) is 2.54. The van der Waals surface area contributed by atoms with E-state index < -0.39 is 5.97 Å². The van der Waals surface area contributed by atoms with Gasteiger partial charge in [0.05, 0.1) is 12.1 Å². The molecule has 1 aliphatic carbocycles. The van der Waals surface area contributed by atoms with Gasteiger partial charge in [0.2, 0.25) is 0 Å². The highest BCUT2D eigenvalue weighted by Crippen LogP contribution is 2.38. The largest absolute Gasteiger partial charge is 0.481 e.